The van der Waals surface area contributed by atoms with E-state index in [0.717, 1.165) is 29.9 Å². The zero-order chi connectivity index (χ0) is 25.2. The molecule has 2 aliphatic rings. The number of nitrogens with zero attached hydrogens (tertiary/aromatic N) is 4. The maximum absolute atomic E-state index is 12.9. The summed E-state index contributed by atoms with van der Waals surface area (Å²) in [6.07, 6.45) is 3.44. The van der Waals surface area contributed by atoms with Gasteiger partial charge in [0.25, 0.3) is 0 Å². The van der Waals surface area contributed by atoms with E-state index in [2.05, 4.69) is 19.9 Å². The van der Waals surface area contributed by atoms with Crippen molar-refractivity contribution >= 4 is 38.8 Å². The van der Waals surface area contributed by atoms with Crippen LogP contribution < -0.4 is 19.8 Å². The highest BCUT2D eigenvalue weighted by molar-refractivity contribution is 7.89. The van der Waals surface area contributed by atoms with Crippen LogP contribution in [0.3, 0.4) is 0 Å². The van der Waals surface area contributed by atoms with Crippen LogP contribution in [0.5, 0.6) is 0 Å². The van der Waals surface area contributed by atoms with Gasteiger partial charge in [-0.05, 0) is 58.1 Å². The summed E-state index contributed by atoms with van der Waals surface area (Å²) >= 11 is 0. The lowest BCUT2D eigenvalue weighted by Crippen LogP contribution is -2.55. The van der Waals surface area contributed by atoms with Crippen molar-refractivity contribution in [1.82, 2.24) is 14.6 Å². The highest BCUT2D eigenvalue weighted by atomic mass is 32.2. The first-order valence-corrected chi connectivity index (χ1v) is 13.3. The van der Waals surface area contributed by atoms with Gasteiger partial charge in [-0.25, -0.2) is 18.1 Å². The second kappa shape index (κ2) is 10.5. The lowest BCUT2D eigenvalue weighted by molar-refractivity contribution is -0.119. The summed E-state index contributed by atoms with van der Waals surface area (Å²) in [6, 6.07) is 8.47. The Balaban J connectivity index is 1.54. The number of sulfonamides is 1. The van der Waals surface area contributed by atoms with Gasteiger partial charge in [0.2, 0.25) is 15.9 Å². The summed E-state index contributed by atoms with van der Waals surface area (Å²) in [6.45, 7) is 4.27. The van der Waals surface area contributed by atoms with Gasteiger partial charge in [-0.2, -0.15) is 0 Å². The molecular weight excluding hydrogens is 468 g/mol. The number of likely N-dealkylation sites (N-methyl/N-ethyl adjacent to an activating group) is 2. The molecule has 4 rings (SSSR count). The summed E-state index contributed by atoms with van der Waals surface area (Å²) in [7, 11) is 1.99. The third-order valence-electron chi connectivity index (χ3n) is 6.48. The summed E-state index contributed by atoms with van der Waals surface area (Å²) in [4.78, 5) is 23.4. The van der Waals surface area contributed by atoms with Gasteiger partial charge in [0.15, 0.2) is 0 Å². The largest absolute Gasteiger partial charge is 0.381 e. The fourth-order valence-electron chi connectivity index (χ4n) is 4.53. The molecule has 2 aliphatic heterocycles. The Morgan fingerprint density at radius 3 is 2.49 bits per heavy atom. The molecule has 2 N–H and O–H groups in total. The number of ether oxygens (including phenoxy) is 1. The smallest absolute Gasteiger partial charge is 0.249 e. The van der Waals surface area contributed by atoms with Gasteiger partial charge < -0.3 is 24.8 Å². The van der Waals surface area contributed by atoms with E-state index in [9.17, 15) is 13.2 Å². The fraction of sp³-hybridized carbons (Fsp3) is 0.500. The molecule has 1 unspecified atom stereocenters. The molecule has 190 valence electrons. The van der Waals surface area contributed by atoms with E-state index < -0.39 is 10.0 Å². The molecule has 0 aliphatic carbocycles. The number of hydrogen-bond acceptors (Lipinski definition) is 8. The number of anilines is 4. The lowest BCUT2D eigenvalue weighted by Gasteiger charge is -2.45. The Hall–Kier alpha value is -2.73. The number of pyridine rings is 1. The summed E-state index contributed by atoms with van der Waals surface area (Å²) in [5.41, 5.74) is 2.44. The Bertz CT molecular complexity index is 1150. The van der Waals surface area contributed by atoms with Gasteiger partial charge in [0.05, 0.1) is 22.5 Å². The van der Waals surface area contributed by atoms with Crippen LogP contribution in [-0.4, -0.2) is 83.7 Å². The summed E-state index contributed by atoms with van der Waals surface area (Å²) in [5, 5.41) is 3.27. The standard InChI is InChI=1S/C24H34N6O4S/c1-17-24(31)29(4)22-16-25-23(15-21(22)30(17)19-9-13-34-14-10-19)27-18-5-7-20(8-6-18)35(32,33)26-11-12-28(2)3/h5-8,15-17,19,26H,9-14H2,1-4H3,(H,25,27). The first-order chi connectivity index (χ1) is 16.7. The predicted octanol–water partition coefficient (Wildman–Crippen LogP) is 2.02. The van der Waals surface area contributed by atoms with Gasteiger partial charge >= 0.3 is 0 Å². The van der Waals surface area contributed by atoms with E-state index in [1.807, 2.05) is 32.0 Å². The minimum absolute atomic E-state index is 0.0440. The predicted molar refractivity (Wildman–Crippen MR) is 137 cm³/mol. The van der Waals surface area contributed by atoms with Crippen LogP contribution in [0.25, 0.3) is 0 Å². The second-order valence-corrected chi connectivity index (χ2v) is 11.0. The van der Waals surface area contributed by atoms with E-state index >= 15 is 0 Å². The third-order valence-corrected chi connectivity index (χ3v) is 7.96. The molecule has 2 aromatic rings. The van der Waals surface area contributed by atoms with E-state index in [4.69, 9.17) is 4.74 Å². The number of benzene rings is 1. The van der Waals surface area contributed by atoms with E-state index in [0.29, 0.717) is 32.1 Å². The number of rotatable bonds is 8. The van der Waals surface area contributed by atoms with E-state index in [1.54, 1.807) is 42.4 Å². The number of aromatic nitrogens is 1. The molecule has 10 nitrogen and oxygen atoms in total. The molecule has 1 amide bonds. The first kappa shape index (κ1) is 25.4. The number of amides is 1. The van der Waals surface area contributed by atoms with Crippen molar-refractivity contribution in [3.63, 3.8) is 0 Å². The molecular formula is C24H34N6O4S. The van der Waals surface area contributed by atoms with Gasteiger partial charge in [-0.3, -0.25) is 4.79 Å². The zero-order valence-electron chi connectivity index (χ0n) is 20.7. The highest BCUT2D eigenvalue weighted by Gasteiger charge is 2.38. The quantitative estimate of drug-likeness (QED) is 0.565. The average Bonchev–Trinajstić information content (AvgIpc) is 2.83. The van der Waals surface area contributed by atoms with Crippen molar-refractivity contribution in [3.05, 3.63) is 36.5 Å². The Morgan fingerprint density at radius 2 is 1.83 bits per heavy atom. The Morgan fingerprint density at radius 1 is 1.14 bits per heavy atom. The van der Waals surface area contributed by atoms with E-state index in [-0.39, 0.29) is 22.9 Å². The maximum Gasteiger partial charge on any atom is 0.249 e. The number of nitrogens with one attached hydrogen (secondary N) is 2. The SMILES string of the molecule is CC1C(=O)N(C)c2cnc(Nc3ccc(S(=O)(=O)NCCN(C)C)cc3)cc2N1C1CCOCC1. The minimum Gasteiger partial charge on any atom is -0.381 e. The van der Waals surface area contributed by atoms with Crippen LogP contribution in [0.1, 0.15) is 19.8 Å². The van der Waals surface area contributed by atoms with Gasteiger partial charge in [-0.1, -0.05) is 0 Å². The van der Waals surface area contributed by atoms with Crippen LogP contribution in [0, 0.1) is 0 Å². The fourth-order valence-corrected chi connectivity index (χ4v) is 5.55. The molecule has 1 aromatic heterocycles. The topological polar surface area (TPSA) is 107 Å². The van der Waals surface area contributed by atoms with Crippen molar-refractivity contribution in [2.75, 3.05) is 62.6 Å². The highest BCUT2D eigenvalue weighted by Crippen LogP contribution is 2.39. The molecule has 0 saturated carbocycles. The summed E-state index contributed by atoms with van der Waals surface area (Å²) < 4.78 is 33.2. The molecule has 0 radical (unpaired) electrons. The molecule has 1 aromatic carbocycles. The van der Waals surface area contributed by atoms with Crippen molar-refractivity contribution in [1.29, 1.82) is 0 Å². The third kappa shape index (κ3) is 5.58. The molecule has 1 atom stereocenters. The lowest BCUT2D eigenvalue weighted by atomic mass is 10.00. The molecule has 1 fully saturated rings. The maximum atomic E-state index is 12.9. The average molecular weight is 503 g/mol. The van der Waals surface area contributed by atoms with Gasteiger partial charge in [0.1, 0.15) is 11.9 Å². The van der Waals surface area contributed by atoms with Crippen LogP contribution in [0.2, 0.25) is 0 Å². The molecule has 35 heavy (non-hydrogen) atoms. The van der Waals surface area contributed by atoms with Crippen molar-refractivity contribution in [2.45, 2.75) is 36.7 Å². The van der Waals surface area contributed by atoms with Crippen LogP contribution >= 0.6 is 0 Å². The van der Waals surface area contributed by atoms with Crippen LogP contribution in [0.4, 0.5) is 22.9 Å². The van der Waals surface area contributed by atoms with E-state index in [1.165, 1.54) is 0 Å². The minimum atomic E-state index is -3.57. The van der Waals surface area contributed by atoms with Crippen molar-refractivity contribution in [2.24, 2.45) is 0 Å². The number of fused-ring (bicyclic) bond motifs is 1. The Labute approximate surface area is 207 Å². The van der Waals surface area contributed by atoms with Gasteiger partial charge in [-0.15, -0.1) is 0 Å². The summed E-state index contributed by atoms with van der Waals surface area (Å²) in [5.74, 6) is 0.665. The first-order valence-electron chi connectivity index (χ1n) is 11.8. The normalized spacial score (nSPS) is 19.2. The van der Waals surface area contributed by atoms with Crippen LogP contribution in [0.15, 0.2) is 41.4 Å². The van der Waals surface area contributed by atoms with Gasteiger partial charge in [0, 0.05) is 51.1 Å². The number of hydrogen-bond donors (Lipinski definition) is 2. The molecule has 3 heterocycles. The monoisotopic (exact) mass is 502 g/mol. The Kier molecular flexibility index (Phi) is 7.60. The van der Waals surface area contributed by atoms with Crippen molar-refractivity contribution < 1.29 is 17.9 Å². The number of carbonyl (C=O) groups is 1. The number of carbonyl (C=O) groups excluding carboxylic acids is 1. The van der Waals surface area contributed by atoms with Crippen LogP contribution in [-0.2, 0) is 19.6 Å². The van der Waals surface area contributed by atoms with Crippen molar-refractivity contribution in [3.8, 4) is 0 Å². The molecule has 11 heteroatoms. The second-order valence-electron chi connectivity index (χ2n) is 9.23. The zero-order valence-corrected chi connectivity index (χ0v) is 21.5. The molecule has 1 saturated heterocycles. The molecule has 0 bridgehead atoms. The molecule has 0 spiro atoms.